The van der Waals surface area contributed by atoms with Crippen LogP contribution in [0.1, 0.15) is 17.3 Å². The lowest BCUT2D eigenvalue weighted by Gasteiger charge is -2.21. The van der Waals surface area contributed by atoms with Gasteiger partial charge in [0.05, 0.1) is 23.5 Å². The average molecular weight is 312 g/mol. The van der Waals surface area contributed by atoms with Crippen molar-refractivity contribution in [3.05, 3.63) is 48.0 Å². The Hall–Kier alpha value is -3.02. The van der Waals surface area contributed by atoms with Crippen molar-refractivity contribution in [2.24, 2.45) is 0 Å². The summed E-state index contributed by atoms with van der Waals surface area (Å²) in [6, 6.07) is 12.2. The minimum absolute atomic E-state index is 0.0740. The van der Waals surface area contributed by atoms with Crippen molar-refractivity contribution in [2.45, 2.75) is 6.92 Å². The molecule has 0 spiro atoms. The fourth-order valence-electron chi connectivity index (χ4n) is 2.34. The second-order valence-corrected chi connectivity index (χ2v) is 4.90. The highest BCUT2D eigenvalue weighted by Gasteiger charge is 2.21. The molecule has 6 nitrogen and oxygen atoms in total. The van der Waals surface area contributed by atoms with Gasteiger partial charge in [-0.1, -0.05) is 18.2 Å². The first-order chi connectivity index (χ1) is 11.2. The molecule has 0 aliphatic carbocycles. The van der Waals surface area contributed by atoms with Crippen molar-refractivity contribution in [1.82, 2.24) is 0 Å². The molecule has 2 amide bonds. The van der Waals surface area contributed by atoms with Gasteiger partial charge in [0.1, 0.15) is 5.75 Å². The molecular formula is C17H16N2O4. The molecule has 0 saturated carbocycles. The lowest BCUT2D eigenvalue weighted by atomic mass is 10.1. The van der Waals surface area contributed by atoms with Crippen molar-refractivity contribution in [3.8, 4) is 11.5 Å². The summed E-state index contributed by atoms with van der Waals surface area (Å²) in [7, 11) is 0. The van der Waals surface area contributed by atoms with E-state index in [-0.39, 0.29) is 18.4 Å². The standard InChI is InChI=1S/C17H16N2O4/c1-2-22-14-9-4-3-6-11(14)17(21)19-13-8-5-7-12-16(13)23-10-15(20)18-12/h3-9H,2,10H2,1H3,(H,18,20)(H,19,21). The number of ether oxygens (including phenoxy) is 2. The molecule has 0 radical (unpaired) electrons. The monoisotopic (exact) mass is 312 g/mol. The third-order valence-electron chi connectivity index (χ3n) is 3.32. The number of anilines is 2. The second kappa shape index (κ2) is 6.39. The first-order valence-electron chi connectivity index (χ1n) is 7.28. The van der Waals surface area contributed by atoms with Crippen LogP contribution in [0.4, 0.5) is 11.4 Å². The van der Waals surface area contributed by atoms with Gasteiger partial charge < -0.3 is 20.1 Å². The molecule has 0 fully saturated rings. The van der Waals surface area contributed by atoms with E-state index in [1.165, 1.54) is 0 Å². The lowest BCUT2D eigenvalue weighted by molar-refractivity contribution is -0.118. The maximum atomic E-state index is 12.5. The number of benzene rings is 2. The predicted octanol–water partition coefficient (Wildman–Crippen LogP) is 2.67. The van der Waals surface area contributed by atoms with Gasteiger partial charge in [0, 0.05) is 0 Å². The Labute approximate surface area is 133 Å². The molecule has 118 valence electrons. The average Bonchev–Trinajstić information content (AvgIpc) is 2.55. The molecule has 0 atom stereocenters. The molecule has 2 N–H and O–H groups in total. The zero-order valence-corrected chi connectivity index (χ0v) is 12.6. The van der Waals surface area contributed by atoms with Gasteiger partial charge in [0.25, 0.3) is 11.8 Å². The minimum atomic E-state index is -0.303. The summed E-state index contributed by atoms with van der Waals surface area (Å²) in [6.45, 7) is 2.26. The summed E-state index contributed by atoms with van der Waals surface area (Å²) in [6.07, 6.45) is 0. The van der Waals surface area contributed by atoms with Crippen LogP contribution in [0.25, 0.3) is 0 Å². The van der Waals surface area contributed by atoms with E-state index in [0.717, 1.165) is 0 Å². The maximum Gasteiger partial charge on any atom is 0.262 e. The molecule has 23 heavy (non-hydrogen) atoms. The Balaban J connectivity index is 1.87. The van der Waals surface area contributed by atoms with Crippen LogP contribution in [0, 0.1) is 0 Å². The van der Waals surface area contributed by atoms with Crippen LogP contribution in [0.2, 0.25) is 0 Å². The number of hydrogen-bond acceptors (Lipinski definition) is 4. The maximum absolute atomic E-state index is 12.5. The van der Waals surface area contributed by atoms with Gasteiger partial charge in [0.2, 0.25) is 0 Å². The molecule has 1 aliphatic rings. The molecule has 3 rings (SSSR count). The van der Waals surface area contributed by atoms with Crippen LogP contribution in [-0.2, 0) is 4.79 Å². The fourth-order valence-corrected chi connectivity index (χ4v) is 2.34. The largest absolute Gasteiger partial charge is 0.493 e. The summed E-state index contributed by atoms with van der Waals surface area (Å²) in [5.41, 5.74) is 1.47. The van der Waals surface area contributed by atoms with Gasteiger partial charge in [-0.3, -0.25) is 9.59 Å². The van der Waals surface area contributed by atoms with E-state index in [2.05, 4.69) is 10.6 Å². The van der Waals surface area contributed by atoms with E-state index in [1.54, 1.807) is 36.4 Å². The number of hydrogen-bond donors (Lipinski definition) is 2. The number of carbonyl (C=O) groups is 2. The number of nitrogens with one attached hydrogen (secondary N) is 2. The van der Waals surface area contributed by atoms with E-state index < -0.39 is 0 Å². The van der Waals surface area contributed by atoms with E-state index >= 15 is 0 Å². The molecule has 0 unspecified atom stereocenters. The van der Waals surface area contributed by atoms with Gasteiger partial charge in [-0.05, 0) is 31.2 Å². The van der Waals surface area contributed by atoms with Gasteiger partial charge in [0.15, 0.2) is 12.4 Å². The number of carbonyl (C=O) groups excluding carboxylic acids is 2. The van der Waals surface area contributed by atoms with Gasteiger partial charge in [-0.2, -0.15) is 0 Å². The first-order valence-corrected chi connectivity index (χ1v) is 7.28. The van der Waals surface area contributed by atoms with Crippen LogP contribution >= 0.6 is 0 Å². The molecular weight excluding hydrogens is 296 g/mol. The Morgan fingerprint density at radius 1 is 1.26 bits per heavy atom. The van der Waals surface area contributed by atoms with E-state index in [0.29, 0.717) is 35.0 Å². The summed E-state index contributed by atoms with van der Waals surface area (Å²) < 4.78 is 10.9. The molecule has 1 heterocycles. The van der Waals surface area contributed by atoms with Crippen molar-refractivity contribution in [3.63, 3.8) is 0 Å². The van der Waals surface area contributed by atoms with Crippen LogP contribution in [0.15, 0.2) is 42.5 Å². The van der Waals surface area contributed by atoms with Crippen LogP contribution < -0.4 is 20.1 Å². The van der Waals surface area contributed by atoms with Gasteiger partial charge in [-0.25, -0.2) is 0 Å². The van der Waals surface area contributed by atoms with E-state index in [4.69, 9.17) is 9.47 Å². The van der Waals surface area contributed by atoms with Gasteiger partial charge in [-0.15, -0.1) is 0 Å². The Bertz CT molecular complexity index is 758. The fraction of sp³-hybridized carbons (Fsp3) is 0.176. The molecule has 2 aromatic rings. The molecule has 2 aromatic carbocycles. The highest BCUT2D eigenvalue weighted by molar-refractivity contribution is 6.08. The van der Waals surface area contributed by atoms with Crippen LogP contribution in [-0.4, -0.2) is 25.0 Å². The molecule has 0 saturated heterocycles. The summed E-state index contributed by atoms with van der Waals surface area (Å²) in [4.78, 5) is 23.9. The number of amides is 2. The first kappa shape index (κ1) is 14.9. The molecule has 6 heteroatoms. The summed E-state index contributed by atoms with van der Waals surface area (Å²) >= 11 is 0. The van der Waals surface area contributed by atoms with Crippen molar-refractivity contribution in [2.75, 3.05) is 23.8 Å². The van der Waals surface area contributed by atoms with E-state index in [1.807, 2.05) is 13.0 Å². The van der Waals surface area contributed by atoms with Crippen LogP contribution in [0.3, 0.4) is 0 Å². The quantitative estimate of drug-likeness (QED) is 0.910. The normalized spacial score (nSPS) is 12.7. The third-order valence-corrected chi connectivity index (χ3v) is 3.32. The summed E-state index contributed by atoms with van der Waals surface area (Å²) in [5, 5.41) is 5.51. The van der Waals surface area contributed by atoms with Crippen molar-refractivity contribution in [1.29, 1.82) is 0 Å². The van der Waals surface area contributed by atoms with Crippen LogP contribution in [0.5, 0.6) is 11.5 Å². The molecule has 0 bridgehead atoms. The zero-order chi connectivity index (χ0) is 16.2. The second-order valence-electron chi connectivity index (χ2n) is 4.90. The summed E-state index contributed by atoms with van der Waals surface area (Å²) in [5.74, 6) is 0.450. The third kappa shape index (κ3) is 3.11. The smallest absolute Gasteiger partial charge is 0.262 e. The van der Waals surface area contributed by atoms with Crippen molar-refractivity contribution >= 4 is 23.2 Å². The molecule has 0 aromatic heterocycles. The topological polar surface area (TPSA) is 76.7 Å². The molecule has 1 aliphatic heterocycles. The Morgan fingerprint density at radius 2 is 2.09 bits per heavy atom. The predicted molar refractivity (Wildman–Crippen MR) is 86.1 cm³/mol. The lowest BCUT2D eigenvalue weighted by Crippen LogP contribution is -2.26. The minimum Gasteiger partial charge on any atom is -0.493 e. The Kier molecular flexibility index (Phi) is 4.14. The van der Waals surface area contributed by atoms with Crippen molar-refractivity contribution < 1.29 is 19.1 Å². The van der Waals surface area contributed by atoms with Gasteiger partial charge >= 0.3 is 0 Å². The number of para-hydroxylation sites is 2. The zero-order valence-electron chi connectivity index (χ0n) is 12.6. The van der Waals surface area contributed by atoms with E-state index in [9.17, 15) is 9.59 Å². The number of rotatable bonds is 4. The number of fused-ring (bicyclic) bond motifs is 1. The SMILES string of the molecule is CCOc1ccccc1C(=O)Nc1cccc2c1OCC(=O)N2. The highest BCUT2D eigenvalue weighted by atomic mass is 16.5. The highest BCUT2D eigenvalue weighted by Crippen LogP contribution is 2.35. The Morgan fingerprint density at radius 3 is 2.91 bits per heavy atom.